The lowest BCUT2D eigenvalue weighted by atomic mass is 10.1. The van der Waals surface area contributed by atoms with E-state index in [0.717, 1.165) is 29.2 Å². The van der Waals surface area contributed by atoms with Gasteiger partial charge in [0.1, 0.15) is 12.4 Å². The minimum absolute atomic E-state index is 0.0400. The van der Waals surface area contributed by atoms with Crippen molar-refractivity contribution >= 4 is 22.9 Å². The van der Waals surface area contributed by atoms with Gasteiger partial charge in [0.05, 0.1) is 11.4 Å². The zero-order chi connectivity index (χ0) is 18.5. The number of aryl methyl sites for hydroxylation is 2. The first-order chi connectivity index (χ1) is 13.3. The van der Waals surface area contributed by atoms with E-state index >= 15 is 0 Å². The van der Waals surface area contributed by atoms with Crippen molar-refractivity contribution in [2.45, 2.75) is 38.6 Å². The molecule has 0 atom stereocenters. The summed E-state index contributed by atoms with van der Waals surface area (Å²) in [7, 11) is 0. The summed E-state index contributed by atoms with van der Waals surface area (Å²) in [6, 6.07) is 11.5. The zero-order valence-corrected chi connectivity index (χ0v) is 16.0. The maximum Gasteiger partial charge on any atom is 0.265 e. The fourth-order valence-electron chi connectivity index (χ4n) is 3.33. The van der Waals surface area contributed by atoms with Crippen LogP contribution in [0.15, 0.2) is 48.8 Å². The molecule has 1 N–H and O–H groups in total. The third kappa shape index (κ3) is 4.57. The third-order valence-corrected chi connectivity index (χ3v) is 5.95. The predicted molar refractivity (Wildman–Crippen MR) is 108 cm³/mol. The van der Waals surface area contributed by atoms with Crippen LogP contribution < -0.4 is 10.1 Å². The second kappa shape index (κ2) is 8.39. The van der Waals surface area contributed by atoms with Gasteiger partial charge in [0.2, 0.25) is 0 Å². The first-order valence-electron chi connectivity index (χ1n) is 9.41. The maximum absolute atomic E-state index is 12.6. The Balaban J connectivity index is 1.36. The van der Waals surface area contributed by atoms with Gasteiger partial charge in [-0.2, -0.15) is 5.10 Å². The molecule has 0 radical (unpaired) electrons. The number of aromatic nitrogens is 2. The van der Waals surface area contributed by atoms with E-state index < -0.39 is 0 Å². The molecule has 0 aliphatic heterocycles. The Bertz CT molecular complexity index is 879. The summed E-state index contributed by atoms with van der Waals surface area (Å²) in [4.78, 5) is 14.8. The molecule has 0 spiro atoms. The Labute approximate surface area is 163 Å². The average Bonchev–Trinajstić information content (AvgIpc) is 3.28. The SMILES string of the molecule is O=C(Nc1cccc(OCCn2cccn2)c1)c1cc2c(s1)CCCCC2. The highest BCUT2D eigenvalue weighted by Crippen LogP contribution is 2.29. The molecular weight excluding hydrogens is 358 g/mol. The lowest BCUT2D eigenvalue weighted by Crippen LogP contribution is -2.11. The Kier molecular flexibility index (Phi) is 5.53. The molecule has 6 heteroatoms. The van der Waals surface area contributed by atoms with Gasteiger partial charge in [-0.15, -0.1) is 11.3 Å². The van der Waals surface area contributed by atoms with Crippen LogP contribution in [0.3, 0.4) is 0 Å². The van der Waals surface area contributed by atoms with E-state index in [-0.39, 0.29) is 5.91 Å². The molecular formula is C21H23N3O2S. The molecule has 0 bridgehead atoms. The molecule has 3 aromatic rings. The van der Waals surface area contributed by atoms with E-state index in [0.29, 0.717) is 13.2 Å². The first kappa shape index (κ1) is 17.8. The van der Waals surface area contributed by atoms with Crippen molar-refractivity contribution in [1.82, 2.24) is 9.78 Å². The smallest absolute Gasteiger partial charge is 0.265 e. The summed E-state index contributed by atoms with van der Waals surface area (Å²) in [6.45, 7) is 1.21. The number of anilines is 1. The molecule has 2 heterocycles. The number of carbonyl (C=O) groups excluding carboxylic acids is 1. The first-order valence-corrected chi connectivity index (χ1v) is 10.2. The van der Waals surface area contributed by atoms with Gasteiger partial charge in [-0.25, -0.2) is 0 Å². The van der Waals surface area contributed by atoms with Crippen LogP contribution in [0.1, 0.15) is 39.4 Å². The number of ether oxygens (including phenoxy) is 1. The summed E-state index contributed by atoms with van der Waals surface area (Å²) in [5.74, 6) is 0.698. The summed E-state index contributed by atoms with van der Waals surface area (Å²) in [5.41, 5.74) is 2.11. The van der Waals surface area contributed by atoms with Crippen LogP contribution in [0, 0.1) is 0 Å². The highest BCUT2D eigenvalue weighted by Gasteiger charge is 2.16. The number of benzene rings is 1. The zero-order valence-electron chi connectivity index (χ0n) is 15.2. The molecule has 0 saturated heterocycles. The molecule has 0 saturated carbocycles. The second-order valence-corrected chi connectivity index (χ2v) is 7.86. The molecule has 1 aliphatic rings. The van der Waals surface area contributed by atoms with Crippen molar-refractivity contribution in [1.29, 1.82) is 0 Å². The second-order valence-electron chi connectivity index (χ2n) is 6.72. The number of nitrogens with zero attached hydrogens (tertiary/aromatic N) is 2. The molecule has 1 aliphatic carbocycles. The molecule has 1 amide bonds. The van der Waals surface area contributed by atoms with Crippen LogP contribution in [-0.2, 0) is 19.4 Å². The Morgan fingerprint density at radius 3 is 3.00 bits per heavy atom. The molecule has 0 unspecified atom stereocenters. The summed E-state index contributed by atoms with van der Waals surface area (Å²) in [6.07, 6.45) is 9.60. The van der Waals surface area contributed by atoms with Crippen LogP contribution >= 0.6 is 11.3 Å². The van der Waals surface area contributed by atoms with Gasteiger partial charge in [-0.05, 0) is 55.5 Å². The highest BCUT2D eigenvalue weighted by atomic mass is 32.1. The van der Waals surface area contributed by atoms with Gasteiger partial charge in [0, 0.05) is 29.0 Å². The van der Waals surface area contributed by atoms with Gasteiger partial charge in [-0.3, -0.25) is 9.48 Å². The van der Waals surface area contributed by atoms with Gasteiger partial charge in [0.15, 0.2) is 0 Å². The van der Waals surface area contributed by atoms with Gasteiger partial charge in [0.25, 0.3) is 5.91 Å². The van der Waals surface area contributed by atoms with Gasteiger partial charge < -0.3 is 10.1 Å². The van der Waals surface area contributed by atoms with Crippen molar-refractivity contribution < 1.29 is 9.53 Å². The van der Waals surface area contributed by atoms with E-state index in [1.165, 1.54) is 29.7 Å². The number of nitrogens with one attached hydrogen (secondary N) is 1. The highest BCUT2D eigenvalue weighted by molar-refractivity contribution is 7.14. The van der Waals surface area contributed by atoms with Crippen LogP contribution in [-0.4, -0.2) is 22.3 Å². The lowest BCUT2D eigenvalue weighted by Gasteiger charge is -2.09. The number of fused-ring (bicyclic) bond motifs is 1. The van der Waals surface area contributed by atoms with Crippen molar-refractivity contribution in [3.63, 3.8) is 0 Å². The molecule has 0 fully saturated rings. The standard InChI is InChI=1S/C21H23N3O2S/c25-21(20-14-16-6-2-1-3-9-19(16)27-20)23-17-7-4-8-18(15-17)26-13-12-24-11-5-10-22-24/h4-5,7-8,10-11,14-15H,1-3,6,9,12-13H2,(H,23,25). The van der Waals surface area contributed by atoms with E-state index in [4.69, 9.17) is 4.74 Å². The van der Waals surface area contributed by atoms with Crippen LogP contribution in [0.5, 0.6) is 5.75 Å². The summed E-state index contributed by atoms with van der Waals surface area (Å²) in [5, 5.41) is 7.15. The molecule has 1 aromatic carbocycles. The number of carbonyl (C=O) groups is 1. The number of hydrogen-bond acceptors (Lipinski definition) is 4. The Morgan fingerprint density at radius 1 is 1.19 bits per heavy atom. The van der Waals surface area contributed by atoms with E-state index in [2.05, 4.69) is 16.5 Å². The van der Waals surface area contributed by atoms with Gasteiger partial charge in [-0.1, -0.05) is 12.5 Å². The molecule has 27 heavy (non-hydrogen) atoms. The molecule has 5 nitrogen and oxygen atoms in total. The number of amides is 1. The van der Waals surface area contributed by atoms with Crippen molar-refractivity contribution in [3.05, 3.63) is 64.1 Å². The third-order valence-electron chi connectivity index (χ3n) is 4.71. The maximum atomic E-state index is 12.6. The normalized spacial score (nSPS) is 13.6. The largest absolute Gasteiger partial charge is 0.492 e. The van der Waals surface area contributed by atoms with Crippen LogP contribution in [0.25, 0.3) is 0 Å². The van der Waals surface area contributed by atoms with Crippen molar-refractivity contribution in [3.8, 4) is 5.75 Å². The Morgan fingerprint density at radius 2 is 2.11 bits per heavy atom. The minimum Gasteiger partial charge on any atom is -0.492 e. The monoisotopic (exact) mass is 381 g/mol. The fraction of sp³-hybridized carbons (Fsp3) is 0.333. The van der Waals surface area contributed by atoms with Crippen molar-refractivity contribution in [2.75, 3.05) is 11.9 Å². The average molecular weight is 382 g/mol. The molecule has 2 aromatic heterocycles. The summed E-state index contributed by atoms with van der Waals surface area (Å²) < 4.78 is 7.60. The number of rotatable bonds is 6. The molecule has 140 valence electrons. The predicted octanol–water partition coefficient (Wildman–Crippen LogP) is 4.54. The number of thiophene rings is 1. The Hall–Kier alpha value is -2.60. The fourth-order valence-corrected chi connectivity index (χ4v) is 4.47. The van der Waals surface area contributed by atoms with E-state index in [1.807, 2.05) is 41.2 Å². The van der Waals surface area contributed by atoms with Crippen LogP contribution in [0.4, 0.5) is 5.69 Å². The molecule has 4 rings (SSSR count). The van der Waals surface area contributed by atoms with E-state index in [1.54, 1.807) is 17.5 Å². The van der Waals surface area contributed by atoms with E-state index in [9.17, 15) is 4.79 Å². The number of hydrogen-bond donors (Lipinski definition) is 1. The minimum atomic E-state index is -0.0400. The summed E-state index contributed by atoms with van der Waals surface area (Å²) >= 11 is 1.64. The topological polar surface area (TPSA) is 56.1 Å². The lowest BCUT2D eigenvalue weighted by molar-refractivity contribution is 0.103. The quantitative estimate of drug-likeness (QED) is 0.638. The van der Waals surface area contributed by atoms with Crippen LogP contribution in [0.2, 0.25) is 0 Å². The van der Waals surface area contributed by atoms with Crippen molar-refractivity contribution in [2.24, 2.45) is 0 Å². The van der Waals surface area contributed by atoms with Gasteiger partial charge >= 0.3 is 0 Å².